The molecule has 5 heteroatoms. The molecule has 4 N–H and O–H groups in total. The van der Waals surface area contributed by atoms with Gasteiger partial charge in [-0.15, -0.1) is 0 Å². The largest absolute Gasteiger partial charge is 0.351 e. The lowest BCUT2D eigenvalue weighted by Crippen LogP contribution is -3.16. The SMILES string of the molecule is CC(C)c1ccc(C[NH+](C2CC2)[C@H](C)C(=O)NC(N)=O)cc1. The van der Waals surface area contributed by atoms with Gasteiger partial charge in [0.1, 0.15) is 6.54 Å². The van der Waals surface area contributed by atoms with E-state index in [4.69, 9.17) is 5.73 Å². The molecule has 1 aromatic rings. The Morgan fingerprint density at radius 1 is 1.23 bits per heavy atom. The maximum absolute atomic E-state index is 12.0. The Balaban J connectivity index is 2.05. The van der Waals surface area contributed by atoms with E-state index in [-0.39, 0.29) is 11.9 Å². The molecular weight excluding hydrogens is 278 g/mol. The van der Waals surface area contributed by atoms with Gasteiger partial charge in [-0.1, -0.05) is 38.1 Å². The summed E-state index contributed by atoms with van der Waals surface area (Å²) in [6.45, 7) is 6.99. The molecule has 1 aliphatic carbocycles. The average Bonchev–Trinajstić information content (AvgIpc) is 3.28. The van der Waals surface area contributed by atoms with Crippen LogP contribution in [0, 0.1) is 0 Å². The fourth-order valence-electron chi connectivity index (χ4n) is 2.76. The van der Waals surface area contributed by atoms with E-state index >= 15 is 0 Å². The maximum atomic E-state index is 12.0. The standard InChI is InChI=1S/C17H25N3O2/c1-11(2)14-6-4-13(5-7-14)10-20(15-8-9-15)12(3)16(21)19-17(18)22/h4-7,11-12,15H,8-10H2,1-3H3,(H3,18,19,21,22)/p+1/t12-/m1/s1. The Kier molecular flexibility index (Phi) is 5.19. The summed E-state index contributed by atoms with van der Waals surface area (Å²) in [5.74, 6) is 0.217. The van der Waals surface area contributed by atoms with E-state index in [0.29, 0.717) is 12.0 Å². The van der Waals surface area contributed by atoms with Crippen LogP contribution in [-0.4, -0.2) is 24.0 Å². The predicted molar refractivity (Wildman–Crippen MR) is 85.4 cm³/mol. The highest BCUT2D eigenvalue weighted by Gasteiger charge is 2.39. The van der Waals surface area contributed by atoms with Crippen LogP contribution in [0.15, 0.2) is 24.3 Å². The minimum Gasteiger partial charge on any atom is -0.351 e. The van der Waals surface area contributed by atoms with E-state index in [2.05, 4.69) is 43.4 Å². The summed E-state index contributed by atoms with van der Waals surface area (Å²) in [6, 6.07) is 8.00. The van der Waals surface area contributed by atoms with Crippen molar-refractivity contribution in [3.8, 4) is 0 Å². The van der Waals surface area contributed by atoms with E-state index in [9.17, 15) is 9.59 Å². The molecule has 0 spiro atoms. The lowest BCUT2D eigenvalue weighted by Gasteiger charge is -2.25. The number of benzene rings is 1. The van der Waals surface area contributed by atoms with Crippen LogP contribution in [-0.2, 0) is 11.3 Å². The number of nitrogens with two attached hydrogens (primary N) is 1. The zero-order valence-electron chi connectivity index (χ0n) is 13.6. The Hall–Kier alpha value is -1.88. The van der Waals surface area contributed by atoms with Gasteiger partial charge in [0.15, 0.2) is 6.04 Å². The normalized spacial score (nSPS) is 17.1. The number of amides is 3. The minimum atomic E-state index is -0.784. The first-order valence-corrected chi connectivity index (χ1v) is 7.93. The van der Waals surface area contributed by atoms with Crippen LogP contribution in [0.2, 0.25) is 0 Å². The highest BCUT2D eigenvalue weighted by Crippen LogP contribution is 2.18. The molecule has 22 heavy (non-hydrogen) atoms. The van der Waals surface area contributed by atoms with Crippen LogP contribution in [0.4, 0.5) is 4.79 Å². The first-order chi connectivity index (χ1) is 10.4. The molecule has 2 rings (SSSR count). The molecule has 0 bridgehead atoms. The van der Waals surface area contributed by atoms with Crippen molar-refractivity contribution in [3.63, 3.8) is 0 Å². The third-order valence-electron chi connectivity index (χ3n) is 4.35. The summed E-state index contributed by atoms with van der Waals surface area (Å²) in [5.41, 5.74) is 7.57. The first kappa shape index (κ1) is 16.5. The number of hydrogen-bond acceptors (Lipinski definition) is 2. The van der Waals surface area contributed by atoms with Gasteiger partial charge in [-0.2, -0.15) is 0 Å². The molecular formula is C17H26N3O2+. The second-order valence-corrected chi connectivity index (χ2v) is 6.50. The molecule has 1 aliphatic rings. The van der Waals surface area contributed by atoms with Crippen LogP contribution < -0.4 is 16.0 Å². The first-order valence-electron chi connectivity index (χ1n) is 7.93. The lowest BCUT2D eigenvalue weighted by atomic mass is 10.0. The number of imide groups is 1. The van der Waals surface area contributed by atoms with Gasteiger partial charge in [-0.05, 0) is 18.4 Å². The highest BCUT2D eigenvalue weighted by atomic mass is 16.2. The minimum absolute atomic E-state index is 0.287. The van der Waals surface area contributed by atoms with E-state index in [1.807, 2.05) is 6.92 Å². The molecule has 1 fully saturated rings. The number of primary amides is 1. The fourth-order valence-corrected chi connectivity index (χ4v) is 2.76. The molecule has 5 nitrogen and oxygen atoms in total. The van der Waals surface area contributed by atoms with Crippen molar-refractivity contribution >= 4 is 11.9 Å². The van der Waals surface area contributed by atoms with Gasteiger partial charge in [0.25, 0.3) is 5.91 Å². The van der Waals surface area contributed by atoms with Crippen molar-refractivity contribution < 1.29 is 14.5 Å². The number of carbonyl (C=O) groups excluding carboxylic acids is 2. The van der Waals surface area contributed by atoms with Gasteiger partial charge in [0, 0.05) is 18.4 Å². The smallest absolute Gasteiger partial charge is 0.319 e. The lowest BCUT2D eigenvalue weighted by molar-refractivity contribution is -0.938. The number of rotatable bonds is 6. The Morgan fingerprint density at radius 3 is 2.27 bits per heavy atom. The van der Waals surface area contributed by atoms with E-state index < -0.39 is 6.03 Å². The Bertz CT molecular complexity index is 535. The maximum Gasteiger partial charge on any atom is 0.319 e. The van der Waals surface area contributed by atoms with Crippen LogP contribution in [0.25, 0.3) is 0 Å². The summed E-state index contributed by atoms with van der Waals surface area (Å²) < 4.78 is 0. The molecule has 1 saturated carbocycles. The summed E-state index contributed by atoms with van der Waals surface area (Å²) in [7, 11) is 0. The molecule has 0 heterocycles. The van der Waals surface area contributed by atoms with Crippen LogP contribution in [0.3, 0.4) is 0 Å². The topological polar surface area (TPSA) is 76.6 Å². The molecule has 0 aliphatic heterocycles. The molecule has 1 aromatic carbocycles. The van der Waals surface area contributed by atoms with Crippen LogP contribution in [0.5, 0.6) is 0 Å². The van der Waals surface area contributed by atoms with Crippen molar-refractivity contribution in [1.82, 2.24) is 5.32 Å². The fraction of sp³-hybridized carbons (Fsp3) is 0.529. The van der Waals surface area contributed by atoms with Gasteiger partial charge >= 0.3 is 6.03 Å². The van der Waals surface area contributed by atoms with Gasteiger partial charge < -0.3 is 10.6 Å². The Labute approximate surface area is 131 Å². The summed E-state index contributed by atoms with van der Waals surface area (Å²) in [4.78, 5) is 24.1. The van der Waals surface area contributed by atoms with Gasteiger partial charge in [-0.25, -0.2) is 4.79 Å². The molecule has 0 radical (unpaired) electrons. The summed E-state index contributed by atoms with van der Waals surface area (Å²) >= 11 is 0. The van der Waals surface area contributed by atoms with Crippen LogP contribution >= 0.6 is 0 Å². The molecule has 2 atom stereocenters. The third-order valence-corrected chi connectivity index (χ3v) is 4.35. The summed E-state index contributed by atoms with van der Waals surface area (Å²) in [6.07, 6.45) is 2.27. The average molecular weight is 304 g/mol. The van der Waals surface area contributed by atoms with Crippen molar-refractivity contribution in [2.45, 2.75) is 58.2 Å². The molecule has 3 amide bonds. The third kappa shape index (κ3) is 4.31. The highest BCUT2D eigenvalue weighted by molar-refractivity contribution is 5.95. The van der Waals surface area contributed by atoms with Gasteiger partial charge in [0.05, 0.1) is 6.04 Å². The van der Waals surface area contributed by atoms with E-state index in [0.717, 1.165) is 19.4 Å². The summed E-state index contributed by atoms with van der Waals surface area (Å²) in [5, 5.41) is 2.19. The number of nitrogens with one attached hydrogen (secondary N) is 2. The Morgan fingerprint density at radius 2 is 1.82 bits per heavy atom. The van der Waals surface area contributed by atoms with Crippen LogP contribution in [0.1, 0.15) is 50.7 Å². The number of urea groups is 1. The second kappa shape index (κ2) is 6.92. The van der Waals surface area contributed by atoms with E-state index in [1.165, 1.54) is 16.0 Å². The van der Waals surface area contributed by atoms with Crippen molar-refractivity contribution in [3.05, 3.63) is 35.4 Å². The quantitative estimate of drug-likeness (QED) is 0.731. The monoisotopic (exact) mass is 304 g/mol. The van der Waals surface area contributed by atoms with Crippen molar-refractivity contribution in [2.75, 3.05) is 0 Å². The predicted octanol–water partition coefficient (Wildman–Crippen LogP) is 0.941. The van der Waals surface area contributed by atoms with Gasteiger partial charge in [0.2, 0.25) is 0 Å². The number of quaternary nitrogens is 1. The van der Waals surface area contributed by atoms with Gasteiger partial charge in [-0.3, -0.25) is 10.1 Å². The van der Waals surface area contributed by atoms with Crippen molar-refractivity contribution in [2.24, 2.45) is 5.73 Å². The number of hydrogen-bond donors (Lipinski definition) is 3. The molecule has 0 saturated heterocycles. The molecule has 0 aromatic heterocycles. The van der Waals surface area contributed by atoms with E-state index in [1.54, 1.807) is 0 Å². The molecule has 1 unspecified atom stereocenters. The zero-order chi connectivity index (χ0) is 16.3. The number of carbonyl (C=O) groups is 2. The van der Waals surface area contributed by atoms with Crippen molar-refractivity contribution in [1.29, 1.82) is 0 Å². The zero-order valence-corrected chi connectivity index (χ0v) is 13.6. The molecule has 120 valence electrons. The second-order valence-electron chi connectivity index (χ2n) is 6.50.